The molecule has 0 N–H and O–H groups in total. The van der Waals surface area contributed by atoms with Crippen molar-refractivity contribution in [3.63, 3.8) is 0 Å². The maximum absolute atomic E-state index is 11.8. The number of nitriles is 1. The third-order valence-electron chi connectivity index (χ3n) is 3.47. The molecule has 0 fully saturated rings. The molecule has 2 aromatic carbocycles. The monoisotopic (exact) mass is 338 g/mol. The number of aromatic nitrogens is 1. The van der Waals surface area contributed by atoms with Gasteiger partial charge in [-0.3, -0.25) is 0 Å². The predicted octanol–water partition coefficient (Wildman–Crippen LogP) is 3.84. The highest BCUT2D eigenvalue weighted by Crippen LogP contribution is 2.28. The summed E-state index contributed by atoms with van der Waals surface area (Å²) in [5.41, 5.74) is 2.71. The van der Waals surface area contributed by atoms with Crippen molar-refractivity contribution in [2.45, 2.75) is 13.5 Å². The van der Waals surface area contributed by atoms with Gasteiger partial charge in [0, 0.05) is 0 Å². The lowest BCUT2D eigenvalue weighted by molar-refractivity contribution is 0.0603. The molecule has 24 heavy (non-hydrogen) atoms. The van der Waals surface area contributed by atoms with Crippen LogP contribution in [0.5, 0.6) is 5.75 Å². The number of hydrogen-bond acceptors (Lipinski definition) is 6. The minimum absolute atomic E-state index is 0.234. The molecule has 0 radical (unpaired) electrons. The summed E-state index contributed by atoms with van der Waals surface area (Å²) in [7, 11) is 1.35. The van der Waals surface area contributed by atoms with E-state index in [4.69, 9.17) is 9.47 Å². The number of methoxy groups -OCH3 is 1. The van der Waals surface area contributed by atoms with E-state index in [-0.39, 0.29) is 12.6 Å². The van der Waals surface area contributed by atoms with Crippen molar-refractivity contribution in [1.82, 2.24) is 4.98 Å². The molecular formula is C18H14N2O3S. The van der Waals surface area contributed by atoms with E-state index in [1.165, 1.54) is 18.4 Å². The molecule has 0 saturated carbocycles. The molecule has 0 spiro atoms. The highest BCUT2D eigenvalue weighted by molar-refractivity contribution is 7.19. The van der Waals surface area contributed by atoms with Crippen molar-refractivity contribution in [3.8, 4) is 11.8 Å². The van der Waals surface area contributed by atoms with E-state index in [1.54, 1.807) is 24.3 Å². The van der Waals surface area contributed by atoms with Crippen molar-refractivity contribution in [1.29, 1.82) is 5.26 Å². The number of carbonyl (C=O) groups excluding carboxylic acids is 1. The van der Waals surface area contributed by atoms with Crippen molar-refractivity contribution in [2.24, 2.45) is 0 Å². The standard InChI is InChI=1S/C18H14N2O3S/c1-11-6-7-15(12(8-11)9-19)23-10-16-20-14-5-3-4-13(17(14)24-16)18(21)22-2/h3-8H,10H2,1-2H3. The average molecular weight is 338 g/mol. The molecular weight excluding hydrogens is 324 g/mol. The van der Waals surface area contributed by atoms with Gasteiger partial charge in [0.1, 0.15) is 23.4 Å². The second-order valence-electron chi connectivity index (χ2n) is 5.15. The van der Waals surface area contributed by atoms with Gasteiger partial charge in [0.15, 0.2) is 0 Å². The smallest absolute Gasteiger partial charge is 0.339 e. The van der Waals surface area contributed by atoms with E-state index >= 15 is 0 Å². The molecule has 1 aromatic heterocycles. The first-order chi connectivity index (χ1) is 11.6. The van der Waals surface area contributed by atoms with Crippen LogP contribution < -0.4 is 4.74 Å². The Morgan fingerprint density at radius 2 is 2.17 bits per heavy atom. The van der Waals surface area contributed by atoms with E-state index in [9.17, 15) is 10.1 Å². The van der Waals surface area contributed by atoms with Crippen LogP contribution in [0.2, 0.25) is 0 Å². The van der Waals surface area contributed by atoms with Crippen molar-refractivity contribution >= 4 is 27.5 Å². The molecule has 1 heterocycles. The first-order valence-corrected chi connectivity index (χ1v) is 8.04. The molecule has 0 aliphatic rings. The summed E-state index contributed by atoms with van der Waals surface area (Å²) in [6, 6.07) is 12.9. The molecule has 0 bridgehead atoms. The zero-order valence-electron chi connectivity index (χ0n) is 13.2. The van der Waals surface area contributed by atoms with Crippen LogP contribution in [0.15, 0.2) is 36.4 Å². The Bertz CT molecular complexity index is 957. The topological polar surface area (TPSA) is 72.2 Å². The van der Waals surface area contributed by atoms with Crippen LogP contribution in [-0.2, 0) is 11.3 Å². The van der Waals surface area contributed by atoms with Gasteiger partial charge in [0.2, 0.25) is 0 Å². The van der Waals surface area contributed by atoms with Crippen LogP contribution in [0.1, 0.15) is 26.5 Å². The lowest BCUT2D eigenvalue weighted by Gasteiger charge is -2.06. The van der Waals surface area contributed by atoms with E-state index in [0.717, 1.165) is 20.8 Å². The molecule has 3 rings (SSSR count). The van der Waals surface area contributed by atoms with Crippen LogP contribution in [0.3, 0.4) is 0 Å². The molecule has 0 aliphatic carbocycles. The van der Waals surface area contributed by atoms with Gasteiger partial charge < -0.3 is 9.47 Å². The Morgan fingerprint density at radius 3 is 2.92 bits per heavy atom. The molecule has 0 saturated heterocycles. The van der Waals surface area contributed by atoms with Crippen molar-refractivity contribution < 1.29 is 14.3 Å². The number of fused-ring (bicyclic) bond motifs is 1. The highest BCUT2D eigenvalue weighted by atomic mass is 32.1. The molecule has 0 aliphatic heterocycles. The van der Waals surface area contributed by atoms with Crippen molar-refractivity contribution in [3.05, 3.63) is 58.1 Å². The van der Waals surface area contributed by atoms with Crippen LogP contribution in [0.4, 0.5) is 0 Å². The number of esters is 1. The van der Waals surface area contributed by atoms with Crippen LogP contribution in [0, 0.1) is 18.3 Å². The van der Waals surface area contributed by atoms with E-state index in [1.807, 2.05) is 19.1 Å². The maximum atomic E-state index is 11.8. The number of nitrogens with zero attached hydrogens (tertiary/aromatic N) is 2. The molecule has 3 aromatic rings. The fourth-order valence-electron chi connectivity index (χ4n) is 2.32. The third kappa shape index (κ3) is 3.07. The number of thiazole rings is 1. The second kappa shape index (κ2) is 6.69. The van der Waals surface area contributed by atoms with Gasteiger partial charge >= 0.3 is 5.97 Å². The second-order valence-corrected chi connectivity index (χ2v) is 6.24. The number of benzene rings is 2. The maximum Gasteiger partial charge on any atom is 0.339 e. The Hall–Kier alpha value is -2.91. The number of aryl methyl sites for hydroxylation is 1. The summed E-state index contributed by atoms with van der Waals surface area (Å²) in [5.74, 6) is 0.137. The minimum atomic E-state index is -0.387. The van der Waals surface area contributed by atoms with E-state index in [0.29, 0.717) is 16.9 Å². The SMILES string of the molecule is COC(=O)c1cccc2nc(COc3ccc(C)cc3C#N)sc12. The van der Waals surface area contributed by atoms with Gasteiger partial charge in [0.05, 0.1) is 28.5 Å². The first kappa shape index (κ1) is 16.0. The largest absolute Gasteiger partial charge is 0.485 e. The molecule has 5 nitrogen and oxygen atoms in total. The van der Waals surface area contributed by atoms with Crippen molar-refractivity contribution in [2.75, 3.05) is 7.11 Å². The Morgan fingerprint density at radius 1 is 1.33 bits per heavy atom. The molecule has 6 heteroatoms. The fraction of sp³-hybridized carbons (Fsp3) is 0.167. The fourth-order valence-corrected chi connectivity index (χ4v) is 3.30. The van der Waals surface area contributed by atoms with Gasteiger partial charge in [-0.15, -0.1) is 11.3 Å². The number of rotatable bonds is 4. The number of ether oxygens (including phenoxy) is 2. The summed E-state index contributed by atoms with van der Waals surface area (Å²) < 4.78 is 11.3. The summed E-state index contributed by atoms with van der Waals surface area (Å²) in [4.78, 5) is 16.3. The van der Waals surface area contributed by atoms with Crippen LogP contribution in [0.25, 0.3) is 10.2 Å². The summed E-state index contributed by atoms with van der Waals surface area (Å²) in [6.45, 7) is 2.16. The van der Waals surface area contributed by atoms with Gasteiger partial charge in [-0.2, -0.15) is 5.26 Å². The summed E-state index contributed by atoms with van der Waals surface area (Å²) >= 11 is 1.38. The highest BCUT2D eigenvalue weighted by Gasteiger charge is 2.14. The van der Waals surface area contributed by atoms with Crippen LogP contribution in [-0.4, -0.2) is 18.1 Å². The van der Waals surface area contributed by atoms with Gasteiger partial charge in [-0.25, -0.2) is 9.78 Å². The Balaban J connectivity index is 1.87. The number of carbonyl (C=O) groups is 1. The molecule has 120 valence electrons. The summed E-state index contributed by atoms with van der Waals surface area (Å²) in [5, 5.41) is 9.91. The van der Waals surface area contributed by atoms with Crippen LogP contribution >= 0.6 is 11.3 Å². The van der Waals surface area contributed by atoms with E-state index in [2.05, 4.69) is 11.1 Å². The van der Waals surface area contributed by atoms with Gasteiger partial charge in [-0.05, 0) is 36.8 Å². The zero-order chi connectivity index (χ0) is 17.1. The Kier molecular flexibility index (Phi) is 4.45. The molecule has 0 amide bonds. The average Bonchev–Trinajstić information content (AvgIpc) is 3.02. The van der Waals surface area contributed by atoms with Gasteiger partial charge in [-0.1, -0.05) is 12.1 Å². The predicted molar refractivity (Wildman–Crippen MR) is 91.2 cm³/mol. The number of hydrogen-bond donors (Lipinski definition) is 0. The Labute approximate surface area is 143 Å². The molecule has 0 atom stereocenters. The van der Waals surface area contributed by atoms with E-state index < -0.39 is 0 Å². The first-order valence-electron chi connectivity index (χ1n) is 7.22. The lowest BCUT2D eigenvalue weighted by atomic mass is 10.1. The quantitative estimate of drug-likeness (QED) is 0.676. The minimum Gasteiger partial charge on any atom is -0.485 e. The lowest BCUT2D eigenvalue weighted by Crippen LogP contribution is -2.00. The normalized spacial score (nSPS) is 10.4. The zero-order valence-corrected chi connectivity index (χ0v) is 14.0. The summed E-state index contributed by atoms with van der Waals surface area (Å²) in [6.07, 6.45) is 0. The third-order valence-corrected chi connectivity index (χ3v) is 4.55. The molecule has 0 unspecified atom stereocenters. The van der Waals surface area contributed by atoms with Gasteiger partial charge in [0.25, 0.3) is 0 Å².